The minimum absolute atomic E-state index is 1.15. The molecular formula is C48H31N3. The molecule has 0 N–H and O–H groups in total. The number of para-hydroxylation sites is 5. The first-order chi connectivity index (χ1) is 25.3. The van der Waals surface area contributed by atoms with Crippen LogP contribution in [-0.2, 0) is 0 Å². The summed E-state index contributed by atoms with van der Waals surface area (Å²) in [6.07, 6.45) is 0. The topological polar surface area (TPSA) is 14.8 Å². The molecule has 3 nitrogen and oxygen atoms in total. The molecule has 0 fully saturated rings. The molecule has 3 aromatic heterocycles. The molecule has 0 saturated heterocycles. The molecule has 3 heteroatoms. The highest BCUT2D eigenvalue weighted by Gasteiger charge is 2.19. The second-order valence-electron chi connectivity index (χ2n) is 13.4. The van der Waals surface area contributed by atoms with Crippen molar-refractivity contribution in [2.75, 3.05) is 0 Å². The third kappa shape index (κ3) is 4.12. The summed E-state index contributed by atoms with van der Waals surface area (Å²) in [4.78, 5) is 0. The Kier molecular flexibility index (Phi) is 5.96. The second kappa shape index (κ2) is 10.8. The van der Waals surface area contributed by atoms with Crippen LogP contribution in [0.25, 0.3) is 93.6 Å². The maximum Gasteiger partial charge on any atom is 0.0562 e. The van der Waals surface area contributed by atoms with Crippen molar-refractivity contribution in [1.82, 2.24) is 13.7 Å². The van der Waals surface area contributed by atoms with Crippen LogP contribution in [-0.4, -0.2) is 13.7 Å². The summed E-state index contributed by atoms with van der Waals surface area (Å²) in [7, 11) is 0. The number of benzene rings is 8. The normalized spacial score (nSPS) is 11.9. The van der Waals surface area contributed by atoms with Crippen LogP contribution in [0.3, 0.4) is 0 Å². The SMILES string of the molecule is c1ccc(-n2c3ccccc3c3cc4c5ccccc5n(-c5cccc(-c6ccc(-n7c8ccccc8c8ccccc87)cc6)c5)c4cc32)cc1. The molecule has 51 heavy (non-hydrogen) atoms. The molecule has 11 rings (SSSR count). The molecule has 11 aromatic rings. The fraction of sp³-hybridized carbons (Fsp3) is 0. The van der Waals surface area contributed by atoms with Crippen molar-refractivity contribution in [3.8, 4) is 28.2 Å². The van der Waals surface area contributed by atoms with Gasteiger partial charge in [0, 0.05) is 49.4 Å². The van der Waals surface area contributed by atoms with Gasteiger partial charge < -0.3 is 13.7 Å². The molecule has 0 atom stereocenters. The highest BCUT2D eigenvalue weighted by atomic mass is 15.0. The van der Waals surface area contributed by atoms with Gasteiger partial charge in [0.25, 0.3) is 0 Å². The van der Waals surface area contributed by atoms with Gasteiger partial charge in [0.05, 0.1) is 33.1 Å². The highest BCUT2D eigenvalue weighted by Crippen LogP contribution is 2.40. The molecule has 0 unspecified atom stereocenters. The first-order valence-corrected chi connectivity index (χ1v) is 17.5. The molecule has 3 heterocycles. The lowest BCUT2D eigenvalue weighted by atomic mass is 10.0. The predicted molar refractivity (Wildman–Crippen MR) is 215 cm³/mol. The van der Waals surface area contributed by atoms with Crippen molar-refractivity contribution in [3.63, 3.8) is 0 Å². The molecule has 8 aromatic carbocycles. The highest BCUT2D eigenvalue weighted by molar-refractivity contribution is 6.19. The number of fused-ring (bicyclic) bond motifs is 9. The van der Waals surface area contributed by atoms with E-state index >= 15 is 0 Å². The van der Waals surface area contributed by atoms with Crippen molar-refractivity contribution < 1.29 is 0 Å². The van der Waals surface area contributed by atoms with Gasteiger partial charge in [-0.15, -0.1) is 0 Å². The molecular weight excluding hydrogens is 619 g/mol. The average molecular weight is 650 g/mol. The third-order valence-electron chi connectivity index (χ3n) is 10.6. The quantitative estimate of drug-likeness (QED) is 0.180. The average Bonchev–Trinajstić information content (AvgIpc) is 3.83. The van der Waals surface area contributed by atoms with E-state index in [1.807, 2.05) is 0 Å². The van der Waals surface area contributed by atoms with Crippen LogP contribution in [0.2, 0.25) is 0 Å². The first kappa shape index (κ1) is 28.0. The number of hydrogen-bond donors (Lipinski definition) is 0. The zero-order chi connectivity index (χ0) is 33.5. The third-order valence-corrected chi connectivity index (χ3v) is 10.6. The van der Waals surface area contributed by atoms with E-state index in [2.05, 4.69) is 202 Å². The van der Waals surface area contributed by atoms with Crippen LogP contribution in [0.5, 0.6) is 0 Å². The molecule has 0 aliphatic carbocycles. The maximum atomic E-state index is 2.44. The van der Waals surface area contributed by atoms with E-state index in [9.17, 15) is 0 Å². The summed E-state index contributed by atoms with van der Waals surface area (Å²) < 4.78 is 7.22. The lowest BCUT2D eigenvalue weighted by molar-refractivity contribution is 1.16. The van der Waals surface area contributed by atoms with Gasteiger partial charge >= 0.3 is 0 Å². The minimum Gasteiger partial charge on any atom is -0.309 e. The van der Waals surface area contributed by atoms with Gasteiger partial charge in [-0.2, -0.15) is 0 Å². The lowest BCUT2D eigenvalue weighted by Crippen LogP contribution is -1.96. The monoisotopic (exact) mass is 649 g/mol. The second-order valence-corrected chi connectivity index (χ2v) is 13.4. The van der Waals surface area contributed by atoms with Crippen LogP contribution >= 0.6 is 0 Å². The van der Waals surface area contributed by atoms with Crippen molar-refractivity contribution in [2.24, 2.45) is 0 Å². The fourth-order valence-electron chi connectivity index (χ4n) is 8.39. The van der Waals surface area contributed by atoms with Gasteiger partial charge in [0.1, 0.15) is 0 Å². The van der Waals surface area contributed by atoms with Gasteiger partial charge in [-0.25, -0.2) is 0 Å². The Bertz CT molecular complexity index is 3070. The predicted octanol–water partition coefficient (Wildman–Crippen LogP) is 12.6. The zero-order valence-electron chi connectivity index (χ0n) is 27.7. The van der Waals surface area contributed by atoms with Crippen LogP contribution in [0.1, 0.15) is 0 Å². The standard InChI is InChI=1S/C48H31N3/c1-2-14-34(15-3-1)50-45-23-10-6-19-39(45)41-30-42-40-20-7-11-24-46(40)51(48(42)31-47(41)50)36-16-12-13-33(29-36)32-25-27-35(28-26-32)49-43-21-8-4-17-37(43)38-18-5-9-22-44(38)49/h1-31H. The molecule has 0 radical (unpaired) electrons. The maximum absolute atomic E-state index is 2.44. The molecule has 0 aliphatic rings. The Morgan fingerprint density at radius 2 is 0.627 bits per heavy atom. The van der Waals surface area contributed by atoms with E-state index in [0.717, 1.165) is 17.1 Å². The van der Waals surface area contributed by atoms with Gasteiger partial charge in [0.2, 0.25) is 0 Å². The molecule has 0 saturated carbocycles. The lowest BCUT2D eigenvalue weighted by Gasteiger charge is -2.12. The van der Waals surface area contributed by atoms with Gasteiger partial charge in [-0.3, -0.25) is 0 Å². The summed E-state index contributed by atoms with van der Waals surface area (Å²) in [6, 6.07) is 68.4. The van der Waals surface area contributed by atoms with Crippen LogP contribution < -0.4 is 0 Å². The van der Waals surface area contributed by atoms with E-state index in [-0.39, 0.29) is 0 Å². The summed E-state index contributed by atoms with van der Waals surface area (Å²) in [5, 5.41) is 7.60. The first-order valence-electron chi connectivity index (χ1n) is 17.5. The smallest absolute Gasteiger partial charge is 0.0562 e. The fourth-order valence-corrected chi connectivity index (χ4v) is 8.39. The molecule has 238 valence electrons. The molecule has 0 spiro atoms. The largest absolute Gasteiger partial charge is 0.309 e. The van der Waals surface area contributed by atoms with Gasteiger partial charge in [-0.1, -0.05) is 115 Å². The molecule has 0 bridgehead atoms. The van der Waals surface area contributed by atoms with Gasteiger partial charge in [-0.05, 0) is 83.9 Å². The van der Waals surface area contributed by atoms with Crippen molar-refractivity contribution in [2.45, 2.75) is 0 Å². The Morgan fingerprint density at radius 1 is 0.216 bits per heavy atom. The van der Waals surface area contributed by atoms with E-state index < -0.39 is 0 Å². The Hall–Kier alpha value is -6.84. The Balaban J connectivity index is 1.09. The van der Waals surface area contributed by atoms with E-state index in [1.165, 1.54) is 76.5 Å². The minimum atomic E-state index is 1.15. The number of hydrogen-bond acceptors (Lipinski definition) is 0. The summed E-state index contributed by atoms with van der Waals surface area (Å²) in [6.45, 7) is 0. The van der Waals surface area contributed by atoms with Crippen molar-refractivity contribution >= 4 is 65.4 Å². The number of aromatic nitrogens is 3. The molecule has 0 aliphatic heterocycles. The van der Waals surface area contributed by atoms with Crippen LogP contribution in [0.15, 0.2) is 188 Å². The molecule has 0 amide bonds. The van der Waals surface area contributed by atoms with E-state index in [1.54, 1.807) is 0 Å². The summed E-state index contributed by atoms with van der Waals surface area (Å²) in [5.41, 5.74) is 13.1. The van der Waals surface area contributed by atoms with Crippen LogP contribution in [0.4, 0.5) is 0 Å². The number of nitrogens with zero attached hydrogens (tertiary/aromatic N) is 3. The van der Waals surface area contributed by atoms with Crippen LogP contribution in [0, 0.1) is 0 Å². The van der Waals surface area contributed by atoms with Crippen molar-refractivity contribution in [1.29, 1.82) is 0 Å². The van der Waals surface area contributed by atoms with Gasteiger partial charge in [0.15, 0.2) is 0 Å². The number of rotatable bonds is 4. The Morgan fingerprint density at radius 3 is 1.18 bits per heavy atom. The Labute approximate surface area is 294 Å². The van der Waals surface area contributed by atoms with E-state index in [0.29, 0.717) is 0 Å². The van der Waals surface area contributed by atoms with E-state index in [4.69, 9.17) is 0 Å². The van der Waals surface area contributed by atoms with Crippen molar-refractivity contribution in [3.05, 3.63) is 188 Å². The summed E-state index contributed by atoms with van der Waals surface area (Å²) >= 11 is 0. The zero-order valence-corrected chi connectivity index (χ0v) is 27.7. The summed E-state index contributed by atoms with van der Waals surface area (Å²) in [5.74, 6) is 0.